The number of benzene rings is 1. The zero-order chi connectivity index (χ0) is 15.4. The Hall–Kier alpha value is -1.88. The number of rotatable bonds is 5. The molecule has 1 aromatic heterocycles. The minimum absolute atomic E-state index is 0.0201. The molecule has 0 saturated heterocycles. The van der Waals surface area contributed by atoms with Gasteiger partial charge in [0.1, 0.15) is 11.6 Å². The van der Waals surface area contributed by atoms with Crippen LogP contribution < -0.4 is 5.56 Å². The Morgan fingerprint density at radius 1 is 1.38 bits per heavy atom. The highest BCUT2D eigenvalue weighted by Gasteiger charge is 2.09. The maximum atomic E-state index is 12.2. The molecular weight excluding hydrogens is 290 g/mol. The maximum Gasteiger partial charge on any atom is 0.272 e. The van der Waals surface area contributed by atoms with Crippen LogP contribution in [0.1, 0.15) is 12.1 Å². The van der Waals surface area contributed by atoms with Crippen LogP contribution in [0.4, 0.5) is 0 Å². The van der Waals surface area contributed by atoms with Gasteiger partial charge in [0.25, 0.3) is 5.56 Å². The number of fused-ring (bicyclic) bond motifs is 1. The lowest BCUT2D eigenvalue weighted by Crippen LogP contribution is -2.31. The van der Waals surface area contributed by atoms with Gasteiger partial charge in [0.05, 0.1) is 11.0 Å². The van der Waals surface area contributed by atoms with Gasteiger partial charge in [0.15, 0.2) is 0 Å². The van der Waals surface area contributed by atoms with Crippen molar-refractivity contribution in [3.8, 4) is 0 Å². The predicted octanol–water partition coefficient (Wildman–Crippen LogP) is 1.79. The van der Waals surface area contributed by atoms with Crippen molar-refractivity contribution in [3.05, 3.63) is 40.3 Å². The minimum atomic E-state index is -0.111. The summed E-state index contributed by atoms with van der Waals surface area (Å²) in [6, 6.07) is 7.56. The van der Waals surface area contributed by atoms with E-state index in [2.05, 4.69) is 4.98 Å². The fourth-order valence-electron chi connectivity index (χ4n) is 2.23. The molecule has 0 aliphatic carbocycles. The van der Waals surface area contributed by atoms with Crippen LogP contribution in [0.3, 0.4) is 0 Å². The SMILES string of the molecule is Cc1nc2ccccc2n(CCCN(C)C(=O)CCl)c1=O. The molecule has 2 rings (SSSR count). The molecule has 0 aliphatic rings. The summed E-state index contributed by atoms with van der Waals surface area (Å²) in [5.41, 5.74) is 2.03. The number of nitrogens with zero attached hydrogens (tertiary/aromatic N) is 3. The van der Waals surface area contributed by atoms with Gasteiger partial charge < -0.3 is 9.47 Å². The molecule has 0 atom stereocenters. The van der Waals surface area contributed by atoms with Crippen molar-refractivity contribution >= 4 is 28.5 Å². The van der Waals surface area contributed by atoms with Crippen molar-refractivity contribution in [3.63, 3.8) is 0 Å². The van der Waals surface area contributed by atoms with E-state index >= 15 is 0 Å². The van der Waals surface area contributed by atoms with Gasteiger partial charge in [-0.1, -0.05) is 12.1 Å². The average molecular weight is 308 g/mol. The van der Waals surface area contributed by atoms with Crippen molar-refractivity contribution in [2.75, 3.05) is 19.5 Å². The topological polar surface area (TPSA) is 55.2 Å². The Kier molecular flexibility index (Phi) is 4.96. The molecule has 0 fully saturated rings. The van der Waals surface area contributed by atoms with Gasteiger partial charge >= 0.3 is 0 Å². The molecule has 1 amide bonds. The van der Waals surface area contributed by atoms with Gasteiger partial charge in [-0.15, -0.1) is 11.6 Å². The molecule has 0 spiro atoms. The Morgan fingerprint density at radius 2 is 2.10 bits per heavy atom. The quantitative estimate of drug-likeness (QED) is 0.791. The van der Waals surface area contributed by atoms with E-state index in [9.17, 15) is 9.59 Å². The number of alkyl halides is 1. The number of carbonyl (C=O) groups excluding carboxylic acids is 1. The van der Waals surface area contributed by atoms with Crippen molar-refractivity contribution in [2.45, 2.75) is 19.9 Å². The van der Waals surface area contributed by atoms with E-state index in [-0.39, 0.29) is 17.3 Å². The van der Waals surface area contributed by atoms with Gasteiger partial charge in [-0.05, 0) is 25.5 Å². The van der Waals surface area contributed by atoms with Crippen LogP contribution >= 0.6 is 11.6 Å². The third-order valence-electron chi connectivity index (χ3n) is 3.43. The van der Waals surface area contributed by atoms with Gasteiger partial charge in [0.2, 0.25) is 5.91 Å². The standard InChI is InChI=1S/C15H18ClN3O2/c1-11-15(21)19(9-5-8-18(2)14(20)10-16)13-7-4-3-6-12(13)17-11/h3-4,6-7H,5,8-10H2,1-2H3. The number of carbonyl (C=O) groups is 1. The average Bonchev–Trinajstić information content (AvgIpc) is 2.50. The molecule has 1 aromatic carbocycles. The lowest BCUT2D eigenvalue weighted by atomic mass is 10.2. The van der Waals surface area contributed by atoms with Crippen LogP contribution in [0, 0.1) is 6.92 Å². The molecule has 0 N–H and O–H groups in total. The predicted molar refractivity (Wildman–Crippen MR) is 83.7 cm³/mol. The molecule has 2 aromatic rings. The highest BCUT2D eigenvalue weighted by Crippen LogP contribution is 2.10. The maximum absolute atomic E-state index is 12.2. The zero-order valence-corrected chi connectivity index (χ0v) is 12.9. The van der Waals surface area contributed by atoms with Crippen molar-refractivity contribution < 1.29 is 4.79 Å². The van der Waals surface area contributed by atoms with Crippen molar-refractivity contribution in [1.29, 1.82) is 0 Å². The Morgan fingerprint density at radius 3 is 2.81 bits per heavy atom. The third kappa shape index (κ3) is 3.42. The first-order valence-electron chi connectivity index (χ1n) is 6.80. The summed E-state index contributed by atoms with van der Waals surface area (Å²) < 4.78 is 1.72. The van der Waals surface area contributed by atoms with Crippen LogP contribution in [-0.2, 0) is 11.3 Å². The summed E-state index contributed by atoms with van der Waals surface area (Å²) in [7, 11) is 1.71. The zero-order valence-electron chi connectivity index (χ0n) is 12.2. The summed E-state index contributed by atoms with van der Waals surface area (Å²) in [6.07, 6.45) is 0.687. The molecule has 0 saturated carbocycles. The summed E-state index contributed by atoms with van der Waals surface area (Å²) in [5.74, 6) is -0.131. The molecule has 0 bridgehead atoms. The fraction of sp³-hybridized carbons (Fsp3) is 0.400. The number of hydrogen-bond donors (Lipinski definition) is 0. The molecule has 112 valence electrons. The molecular formula is C15H18ClN3O2. The largest absolute Gasteiger partial charge is 0.345 e. The fourth-order valence-corrected chi connectivity index (χ4v) is 2.44. The number of halogens is 1. The summed E-state index contributed by atoms with van der Waals surface area (Å²) >= 11 is 5.51. The summed E-state index contributed by atoms with van der Waals surface area (Å²) in [4.78, 5) is 29.5. The number of hydrogen-bond acceptors (Lipinski definition) is 3. The van der Waals surface area contributed by atoms with E-state index in [0.717, 1.165) is 11.0 Å². The number of aryl methyl sites for hydroxylation is 2. The Labute approximate surface area is 128 Å². The van der Waals surface area contributed by atoms with E-state index in [4.69, 9.17) is 11.6 Å². The first-order chi connectivity index (χ1) is 10.0. The summed E-state index contributed by atoms with van der Waals surface area (Å²) in [5, 5.41) is 0. The van der Waals surface area contributed by atoms with Gasteiger partial charge in [-0.3, -0.25) is 9.59 Å². The second-order valence-corrected chi connectivity index (χ2v) is 5.21. The lowest BCUT2D eigenvalue weighted by molar-refractivity contribution is -0.127. The number of aromatic nitrogens is 2. The smallest absolute Gasteiger partial charge is 0.272 e. The van der Waals surface area contributed by atoms with Gasteiger partial charge in [-0.25, -0.2) is 4.98 Å². The van der Waals surface area contributed by atoms with Crippen LogP contribution in [0.5, 0.6) is 0 Å². The second kappa shape index (κ2) is 6.72. The monoisotopic (exact) mass is 307 g/mol. The Balaban J connectivity index is 2.20. The van der Waals surface area contributed by atoms with E-state index in [1.807, 2.05) is 24.3 Å². The molecule has 0 unspecified atom stereocenters. The van der Waals surface area contributed by atoms with Gasteiger partial charge in [0, 0.05) is 20.1 Å². The highest BCUT2D eigenvalue weighted by molar-refractivity contribution is 6.27. The Bertz CT molecular complexity index is 712. The molecule has 1 heterocycles. The second-order valence-electron chi connectivity index (χ2n) is 4.95. The number of para-hydroxylation sites is 2. The van der Waals surface area contributed by atoms with E-state index in [1.165, 1.54) is 0 Å². The molecule has 0 aliphatic heterocycles. The first kappa shape index (κ1) is 15.5. The van der Waals surface area contributed by atoms with Crippen LogP contribution in [0.2, 0.25) is 0 Å². The summed E-state index contributed by atoms with van der Waals surface area (Å²) in [6.45, 7) is 2.82. The number of amides is 1. The minimum Gasteiger partial charge on any atom is -0.345 e. The highest BCUT2D eigenvalue weighted by atomic mass is 35.5. The van der Waals surface area contributed by atoms with Crippen LogP contribution in [0.25, 0.3) is 11.0 Å². The van der Waals surface area contributed by atoms with Gasteiger partial charge in [-0.2, -0.15) is 0 Å². The van der Waals surface area contributed by atoms with Crippen LogP contribution in [0.15, 0.2) is 29.1 Å². The molecule has 0 radical (unpaired) electrons. The third-order valence-corrected chi connectivity index (χ3v) is 3.66. The van der Waals surface area contributed by atoms with Crippen molar-refractivity contribution in [2.24, 2.45) is 0 Å². The molecule has 6 heteroatoms. The van der Waals surface area contributed by atoms with E-state index in [1.54, 1.807) is 23.4 Å². The normalized spacial score (nSPS) is 10.8. The van der Waals surface area contributed by atoms with Crippen LogP contribution in [-0.4, -0.2) is 39.8 Å². The van der Waals surface area contributed by atoms with E-state index in [0.29, 0.717) is 25.2 Å². The first-order valence-corrected chi connectivity index (χ1v) is 7.34. The van der Waals surface area contributed by atoms with Crippen molar-refractivity contribution in [1.82, 2.24) is 14.5 Å². The lowest BCUT2D eigenvalue weighted by Gasteiger charge is -2.16. The molecule has 5 nitrogen and oxygen atoms in total. The van der Waals surface area contributed by atoms with E-state index < -0.39 is 0 Å². The molecule has 21 heavy (non-hydrogen) atoms.